The van der Waals surface area contributed by atoms with Gasteiger partial charge in [-0.05, 0) is 11.7 Å². The molecule has 0 aromatic carbocycles. The lowest BCUT2D eigenvalue weighted by atomic mass is 10.5. The predicted molar refractivity (Wildman–Crippen MR) is 70.1 cm³/mol. The molecule has 0 aliphatic carbocycles. The normalized spacial score (nSPS) is 17.4. The molecule has 1 aliphatic heterocycles. The van der Waals surface area contributed by atoms with Crippen LogP contribution in [0.2, 0.25) is 6.04 Å². The highest BCUT2D eigenvalue weighted by atomic mass is 28.2. The molecule has 1 rings (SSSR count). The fraction of sp³-hybridized carbons (Fsp3) is 0.667. The third-order valence-electron chi connectivity index (χ3n) is 2.31. The number of ether oxygens (including phenoxy) is 3. The molecule has 2 radical (unpaired) electrons. The van der Waals surface area contributed by atoms with Gasteiger partial charge in [0, 0.05) is 13.1 Å². The number of methoxy groups -OCH3 is 2. The van der Waals surface area contributed by atoms with Crippen LogP contribution in [0, 0.1) is 0 Å². The second-order valence-electron chi connectivity index (χ2n) is 3.75. The summed E-state index contributed by atoms with van der Waals surface area (Å²) in [5, 5.41) is 1.91. The summed E-state index contributed by atoms with van der Waals surface area (Å²) in [5.74, 6) is 0.566. The number of hydrogen-bond donors (Lipinski definition) is 0. The summed E-state index contributed by atoms with van der Waals surface area (Å²) in [6, 6.07) is 0.996. The number of nitrogens with zero attached hydrogens (tertiary/aromatic N) is 1. The average molecular weight is 271 g/mol. The minimum atomic E-state index is 0.285. The van der Waals surface area contributed by atoms with Gasteiger partial charge in [-0.3, -0.25) is 4.84 Å². The first-order valence-corrected chi connectivity index (χ1v) is 7.20. The van der Waals surface area contributed by atoms with E-state index in [1.54, 1.807) is 14.2 Å². The first-order chi connectivity index (χ1) is 8.80. The van der Waals surface area contributed by atoms with E-state index in [0.29, 0.717) is 22.1 Å². The van der Waals surface area contributed by atoms with Crippen LogP contribution in [0.1, 0.15) is 0 Å². The summed E-state index contributed by atoms with van der Waals surface area (Å²) in [4.78, 5) is 5.62. The number of epoxide rings is 1. The fourth-order valence-corrected chi connectivity index (χ4v) is 2.18. The highest BCUT2D eigenvalue weighted by Crippen LogP contribution is 2.10. The summed E-state index contributed by atoms with van der Waals surface area (Å²) in [6.45, 7) is 6.75. The summed E-state index contributed by atoms with van der Waals surface area (Å²) in [6.07, 6.45) is 2.12. The first kappa shape index (κ1) is 15.2. The van der Waals surface area contributed by atoms with Gasteiger partial charge in [-0.25, -0.2) is 0 Å². The third kappa shape index (κ3) is 6.80. The quantitative estimate of drug-likeness (QED) is 0.140. The summed E-state index contributed by atoms with van der Waals surface area (Å²) in [5.41, 5.74) is 1.95. The lowest BCUT2D eigenvalue weighted by Crippen LogP contribution is -2.27. The van der Waals surface area contributed by atoms with Crippen LogP contribution in [0.5, 0.6) is 0 Å². The van der Waals surface area contributed by atoms with Crippen molar-refractivity contribution in [3.63, 3.8) is 0 Å². The Labute approximate surface area is 111 Å². The van der Waals surface area contributed by atoms with Crippen LogP contribution in [0.25, 0.3) is 0 Å². The van der Waals surface area contributed by atoms with E-state index in [-0.39, 0.29) is 6.10 Å². The van der Waals surface area contributed by atoms with Crippen LogP contribution in [0.4, 0.5) is 0 Å². The molecule has 0 amide bonds. The lowest BCUT2D eigenvalue weighted by molar-refractivity contribution is -0.151. The van der Waals surface area contributed by atoms with Crippen LogP contribution >= 0.6 is 0 Å². The van der Waals surface area contributed by atoms with E-state index < -0.39 is 0 Å². The summed E-state index contributed by atoms with van der Waals surface area (Å²) in [7, 11) is 3.84. The van der Waals surface area contributed by atoms with E-state index in [1.807, 2.05) is 16.8 Å². The maximum atomic E-state index is 5.62. The Morgan fingerprint density at radius 1 is 1.50 bits per heavy atom. The van der Waals surface area contributed by atoms with Gasteiger partial charge >= 0.3 is 0 Å². The molecule has 0 aromatic heterocycles. The van der Waals surface area contributed by atoms with Crippen LogP contribution in [0.15, 0.2) is 24.3 Å². The first-order valence-electron chi connectivity index (χ1n) is 5.92. The molecule has 0 N–H and O–H groups in total. The monoisotopic (exact) mass is 271 g/mol. The molecule has 1 heterocycles. The molecule has 5 nitrogen and oxygen atoms in total. The molecular weight excluding hydrogens is 250 g/mol. The van der Waals surface area contributed by atoms with Crippen molar-refractivity contribution in [3.8, 4) is 0 Å². The molecule has 0 saturated carbocycles. The zero-order valence-corrected chi connectivity index (χ0v) is 12.1. The molecule has 1 atom stereocenters. The van der Waals surface area contributed by atoms with Gasteiger partial charge in [-0.1, -0.05) is 6.08 Å². The second-order valence-corrected chi connectivity index (χ2v) is 4.95. The van der Waals surface area contributed by atoms with Gasteiger partial charge < -0.3 is 14.2 Å². The van der Waals surface area contributed by atoms with Gasteiger partial charge in [-0.2, -0.15) is 5.06 Å². The second kappa shape index (κ2) is 9.15. The van der Waals surface area contributed by atoms with E-state index in [1.165, 1.54) is 0 Å². The SMILES string of the molecule is C=CCN(CC[Si]C=C(OC)OC)OCC1CO1. The van der Waals surface area contributed by atoms with Crippen molar-refractivity contribution in [2.24, 2.45) is 0 Å². The van der Waals surface area contributed by atoms with E-state index in [0.717, 1.165) is 25.7 Å². The van der Waals surface area contributed by atoms with Crippen molar-refractivity contribution in [2.75, 3.05) is 40.5 Å². The highest BCUT2D eigenvalue weighted by molar-refractivity contribution is 6.42. The molecule has 0 bridgehead atoms. The molecule has 18 heavy (non-hydrogen) atoms. The van der Waals surface area contributed by atoms with Gasteiger partial charge in [0.15, 0.2) is 0 Å². The molecular formula is C12H21NO4Si. The Morgan fingerprint density at radius 3 is 2.78 bits per heavy atom. The Morgan fingerprint density at radius 2 is 2.22 bits per heavy atom. The van der Waals surface area contributed by atoms with Crippen molar-refractivity contribution < 1.29 is 19.0 Å². The van der Waals surface area contributed by atoms with Gasteiger partial charge in [0.25, 0.3) is 5.95 Å². The molecule has 1 unspecified atom stereocenters. The minimum Gasteiger partial charge on any atom is -0.469 e. The summed E-state index contributed by atoms with van der Waals surface area (Å²) < 4.78 is 15.1. The van der Waals surface area contributed by atoms with Crippen molar-refractivity contribution >= 4 is 9.52 Å². The smallest absolute Gasteiger partial charge is 0.269 e. The minimum absolute atomic E-state index is 0.285. The maximum absolute atomic E-state index is 5.62. The lowest BCUT2D eigenvalue weighted by Gasteiger charge is -2.19. The fourth-order valence-electron chi connectivity index (χ4n) is 1.25. The Hall–Kier alpha value is -0.823. The largest absolute Gasteiger partial charge is 0.469 e. The van der Waals surface area contributed by atoms with Crippen molar-refractivity contribution in [2.45, 2.75) is 12.1 Å². The molecule has 1 saturated heterocycles. The van der Waals surface area contributed by atoms with E-state index >= 15 is 0 Å². The Balaban J connectivity index is 2.14. The Kier molecular flexibility index (Phi) is 7.75. The molecule has 1 fully saturated rings. The standard InChI is InChI=1S/C12H21NO4Si/c1-4-5-13(17-9-11-8-16-11)6-7-18-10-12(14-2)15-3/h4,10-11H,1,5-9H2,2-3H3. The topological polar surface area (TPSA) is 43.5 Å². The van der Waals surface area contributed by atoms with E-state index in [2.05, 4.69) is 6.58 Å². The molecule has 102 valence electrons. The highest BCUT2D eigenvalue weighted by Gasteiger charge is 2.23. The molecule has 6 heteroatoms. The van der Waals surface area contributed by atoms with Crippen LogP contribution in [0.3, 0.4) is 0 Å². The summed E-state index contributed by atoms with van der Waals surface area (Å²) >= 11 is 0. The van der Waals surface area contributed by atoms with Crippen LogP contribution in [-0.2, 0) is 19.0 Å². The number of hydroxylamine groups is 2. The van der Waals surface area contributed by atoms with Gasteiger partial charge in [-0.15, -0.1) is 6.58 Å². The maximum Gasteiger partial charge on any atom is 0.269 e. The van der Waals surface area contributed by atoms with Crippen molar-refractivity contribution in [1.29, 1.82) is 0 Å². The zero-order valence-electron chi connectivity index (χ0n) is 11.1. The van der Waals surface area contributed by atoms with Crippen molar-refractivity contribution in [3.05, 3.63) is 24.3 Å². The van der Waals surface area contributed by atoms with E-state index in [9.17, 15) is 0 Å². The predicted octanol–water partition coefficient (Wildman–Crippen LogP) is 1.02. The van der Waals surface area contributed by atoms with Crippen molar-refractivity contribution in [1.82, 2.24) is 5.06 Å². The average Bonchev–Trinajstić information content (AvgIpc) is 3.20. The number of hydrogen-bond acceptors (Lipinski definition) is 5. The van der Waals surface area contributed by atoms with Crippen LogP contribution < -0.4 is 0 Å². The Bertz CT molecular complexity index is 263. The number of rotatable bonds is 11. The van der Waals surface area contributed by atoms with Crippen LogP contribution in [-0.4, -0.2) is 61.2 Å². The van der Waals surface area contributed by atoms with E-state index in [4.69, 9.17) is 19.0 Å². The van der Waals surface area contributed by atoms with Gasteiger partial charge in [0.05, 0.1) is 37.0 Å². The zero-order chi connectivity index (χ0) is 13.2. The molecule has 0 spiro atoms. The third-order valence-corrected chi connectivity index (χ3v) is 3.26. The molecule has 1 aliphatic rings. The van der Waals surface area contributed by atoms with Gasteiger partial charge in [0.2, 0.25) is 0 Å². The molecule has 0 aromatic rings. The van der Waals surface area contributed by atoms with Gasteiger partial charge in [0.1, 0.15) is 6.10 Å².